The number of aryl methyl sites for hydroxylation is 3. The summed E-state index contributed by atoms with van der Waals surface area (Å²) in [5.74, 6) is -0.348. The molecule has 1 aliphatic rings. The summed E-state index contributed by atoms with van der Waals surface area (Å²) in [5, 5.41) is 3.18. The monoisotopic (exact) mass is 308 g/mol. The van der Waals surface area contributed by atoms with Crippen molar-refractivity contribution in [3.8, 4) is 0 Å². The molecule has 118 valence electrons. The van der Waals surface area contributed by atoms with E-state index in [0.29, 0.717) is 5.69 Å². The minimum Gasteiger partial charge on any atom is -0.373 e. The fourth-order valence-corrected chi connectivity index (χ4v) is 2.89. The molecule has 1 heterocycles. The van der Waals surface area contributed by atoms with E-state index in [4.69, 9.17) is 0 Å². The summed E-state index contributed by atoms with van der Waals surface area (Å²) < 4.78 is 0. The Hall–Kier alpha value is -2.62. The first-order valence-corrected chi connectivity index (χ1v) is 7.73. The first kappa shape index (κ1) is 15.3. The number of nitrogens with one attached hydrogen (secondary N) is 1. The molecule has 0 unspecified atom stereocenters. The highest BCUT2D eigenvalue weighted by Crippen LogP contribution is 2.28. The highest BCUT2D eigenvalue weighted by molar-refractivity contribution is 6.23. The van der Waals surface area contributed by atoms with Crippen LogP contribution in [0.2, 0.25) is 0 Å². The van der Waals surface area contributed by atoms with Gasteiger partial charge in [0, 0.05) is 5.69 Å². The second-order valence-electron chi connectivity index (χ2n) is 6.13. The Morgan fingerprint density at radius 3 is 2.48 bits per heavy atom. The number of imide groups is 1. The van der Waals surface area contributed by atoms with Gasteiger partial charge in [-0.15, -0.1) is 0 Å². The zero-order valence-electron chi connectivity index (χ0n) is 13.6. The van der Waals surface area contributed by atoms with Crippen molar-refractivity contribution in [2.45, 2.75) is 33.2 Å². The van der Waals surface area contributed by atoms with Crippen molar-refractivity contribution in [1.82, 2.24) is 0 Å². The molecule has 2 aromatic rings. The number of anilines is 2. The molecule has 4 nitrogen and oxygen atoms in total. The zero-order chi connectivity index (χ0) is 16.6. The topological polar surface area (TPSA) is 49.4 Å². The third-order valence-electron chi connectivity index (χ3n) is 4.11. The lowest BCUT2D eigenvalue weighted by Crippen LogP contribution is -2.35. The third kappa shape index (κ3) is 2.97. The van der Waals surface area contributed by atoms with E-state index in [-0.39, 0.29) is 18.2 Å². The predicted octanol–water partition coefficient (Wildman–Crippen LogP) is 3.36. The molecule has 0 aromatic heterocycles. The van der Waals surface area contributed by atoms with E-state index in [1.54, 1.807) is 0 Å². The Morgan fingerprint density at radius 2 is 1.74 bits per heavy atom. The molecular formula is C19H20N2O2. The van der Waals surface area contributed by atoms with Gasteiger partial charge in [0.25, 0.3) is 5.91 Å². The Morgan fingerprint density at radius 1 is 1.00 bits per heavy atom. The van der Waals surface area contributed by atoms with E-state index >= 15 is 0 Å². The van der Waals surface area contributed by atoms with Gasteiger partial charge in [0.2, 0.25) is 5.91 Å². The number of nitrogens with zero attached hydrogens (tertiary/aromatic N) is 1. The van der Waals surface area contributed by atoms with Crippen LogP contribution in [0.1, 0.15) is 23.1 Å². The Bertz CT molecular complexity index is 783. The number of hydrogen-bond donors (Lipinski definition) is 1. The third-order valence-corrected chi connectivity index (χ3v) is 4.11. The molecule has 0 spiro atoms. The van der Waals surface area contributed by atoms with E-state index in [1.165, 1.54) is 4.90 Å². The number of carbonyl (C=O) groups is 2. The predicted molar refractivity (Wildman–Crippen MR) is 91.6 cm³/mol. The molecule has 0 bridgehead atoms. The van der Waals surface area contributed by atoms with Gasteiger partial charge in [-0.3, -0.25) is 9.59 Å². The lowest BCUT2D eigenvalue weighted by Gasteiger charge is -2.18. The molecule has 0 radical (unpaired) electrons. The van der Waals surface area contributed by atoms with Crippen LogP contribution in [-0.2, 0) is 9.59 Å². The van der Waals surface area contributed by atoms with E-state index in [2.05, 4.69) is 5.32 Å². The Balaban J connectivity index is 1.87. The summed E-state index contributed by atoms with van der Waals surface area (Å²) in [6.07, 6.45) is 0.181. The molecule has 0 saturated carbocycles. The van der Waals surface area contributed by atoms with Crippen molar-refractivity contribution in [2.75, 3.05) is 10.2 Å². The van der Waals surface area contributed by atoms with E-state index in [0.717, 1.165) is 22.4 Å². The number of amides is 2. The van der Waals surface area contributed by atoms with Crippen LogP contribution in [0.5, 0.6) is 0 Å². The summed E-state index contributed by atoms with van der Waals surface area (Å²) in [4.78, 5) is 26.4. The van der Waals surface area contributed by atoms with Gasteiger partial charge in [0.1, 0.15) is 6.04 Å². The van der Waals surface area contributed by atoms with Gasteiger partial charge in [0.15, 0.2) is 0 Å². The summed E-state index contributed by atoms with van der Waals surface area (Å²) in [6, 6.07) is 13.1. The average Bonchev–Trinajstić information content (AvgIpc) is 2.76. The van der Waals surface area contributed by atoms with Crippen LogP contribution < -0.4 is 10.2 Å². The maximum Gasteiger partial charge on any atom is 0.256 e. The molecule has 1 fully saturated rings. The van der Waals surface area contributed by atoms with E-state index < -0.39 is 6.04 Å². The van der Waals surface area contributed by atoms with E-state index in [9.17, 15) is 9.59 Å². The molecule has 2 aromatic carbocycles. The molecule has 1 aliphatic heterocycles. The maximum absolute atomic E-state index is 12.7. The Labute approximate surface area is 136 Å². The highest BCUT2D eigenvalue weighted by atomic mass is 16.2. The van der Waals surface area contributed by atoms with Crippen LogP contribution in [0.15, 0.2) is 42.5 Å². The number of hydrogen-bond acceptors (Lipinski definition) is 3. The van der Waals surface area contributed by atoms with Gasteiger partial charge >= 0.3 is 0 Å². The number of benzene rings is 2. The molecule has 23 heavy (non-hydrogen) atoms. The van der Waals surface area contributed by atoms with E-state index in [1.807, 2.05) is 63.2 Å². The van der Waals surface area contributed by atoms with Crippen molar-refractivity contribution in [2.24, 2.45) is 0 Å². The van der Waals surface area contributed by atoms with Crippen molar-refractivity contribution >= 4 is 23.2 Å². The molecule has 2 amide bonds. The molecule has 4 heteroatoms. The van der Waals surface area contributed by atoms with Crippen LogP contribution in [0, 0.1) is 20.8 Å². The quantitative estimate of drug-likeness (QED) is 0.885. The zero-order valence-corrected chi connectivity index (χ0v) is 13.6. The normalized spacial score (nSPS) is 17.7. The second kappa shape index (κ2) is 5.88. The number of carbonyl (C=O) groups excluding carboxylic acids is 2. The SMILES string of the molecule is Cc1cccc(N[C@@H]2CC(=O)N(c3cc(C)ccc3C)C2=O)c1. The molecule has 1 saturated heterocycles. The summed E-state index contributed by atoms with van der Waals surface area (Å²) in [6.45, 7) is 5.86. The van der Waals surface area contributed by atoms with Gasteiger partial charge in [-0.05, 0) is 55.7 Å². The standard InChI is InChI=1S/C19H20N2O2/c1-12-5-4-6-15(9-12)20-16-11-18(22)21(19(16)23)17-10-13(2)7-8-14(17)3/h4-10,16,20H,11H2,1-3H3/t16-/m1/s1. The minimum absolute atomic E-state index is 0.158. The van der Waals surface area contributed by atoms with Gasteiger partial charge in [-0.1, -0.05) is 24.3 Å². The molecule has 0 aliphatic carbocycles. The maximum atomic E-state index is 12.7. The van der Waals surface area contributed by atoms with Crippen LogP contribution >= 0.6 is 0 Å². The summed E-state index contributed by atoms with van der Waals surface area (Å²) in [7, 11) is 0. The fourth-order valence-electron chi connectivity index (χ4n) is 2.89. The fraction of sp³-hybridized carbons (Fsp3) is 0.263. The van der Waals surface area contributed by atoms with Gasteiger partial charge in [-0.25, -0.2) is 4.90 Å². The smallest absolute Gasteiger partial charge is 0.256 e. The first-order chi connectivity index (χ1) is 11.0. The summed E-state index contributed by atoms with van der Waals surface area (Å²) >= 11 is 0. The molecule has 1 N–H and O–H groups in total. The lowest BCUT2D eigenvalue weighted by atomic mass is 10.1. The van der Waals surface area contributed by atoms with Gasteiger partial charge in [-0.2, -0.15) is 0 Å². The van der Waals surface area contributed by atoms with Crippen LogP contribution in [-0.4, -0.2) is 17.9 Å². The number of rotatable bonds is 3. The average molecular weight is 308 g/mol. The van der Waals surface area contributed by atoms with Gasteiger partial charge < -0.3 is 5.32 Å². The van der Waals surface area contributed by atoms with Gasteiger partial charge in [0.05, 0.1) is 12.1 Å². The highest BCUT2D eigenvalue weighted by Gasteiger charge is 2.40. The van der Waals surface area contributed by atoms with Crippen molar-refractivity contribution in [1.29, 1.82) is 0 Å². The lowest BCUT2D eigenvalue weighted by molar-refractivity contribution is -0.121. The molecular weight excluding hydrogens is 288 g/mol. The molecule has 3 rings (SSSR count). The van der Waals surface area contributed by atoms with Crippen molar-refractivity contribution in [3.63, 3.8) is 0 Å². The van der Waals surface area contributed by atoms with Crippen LogP contribution in [0.25, 0.3) is 0 Å². The largest absolute Gasteiger partial charge is 0.373 e. The minimum atomic E-state index is -0.510. The Kier molecular flexibility index (Phi) is 3.90. The molecule has 1 atom stereocenters. The van der Waals surface area contributed by atoms with Crippen LogP contribution in [0.3, 0.4) is 0 Å². The van der Waals surface area contributed by atoms with Crippen molar-refractivity contribution in [3.05, 3.63) is 59.2 Å². The van der Waals surface area contributed by atoms with Crippen molar-refractivity contribution < 1.29 is 9.59 Å². The first-order valence-electron chi connectivity index (χ1n) is 7.73. The second-order valence-corrected chi connectivity index (χ2v) is 6.13. The van der Waals surface area contributed by atoms with Crippen LogP contribution in [0.4, 0.5) is 11.4 Å². The summed E-state index contributed by atoms with van der Waals surface area (Å²) in [5.41, 5.74) is 4.61.